The Bertz CT molecular complexity index is 225. The van der Waals surface area contributed by atoms with Gasteiger partial charge in [0.25, 0.3) is 0 Å². The highest BCUT2D eigenvalue weighted by atomic mass is 16.5. The van der Waals surface area contributed by atoms with Gasteiger partial charge in [-0.1, -0.05) is 13.8 Å². The molecule has 19 heavy (non-hydrogen) atoms. The van der Waals surface area contributed by atoms with Crippen LogP contribution in [0.1, 0.15) is 52.4 Å². The van der Waals surface area contributed by atoms with Gasteiger partial charge in [-0.05, 0) is 45.1 Å². The highest BCUT2D eigenvalue weighted by Gasteiger charge is 2.35. The number of rotatable bonds is 10. The Morgan fingerprint density at radius 1 is 1.21 bits per heavy atom. The number of hydrogen-bond acceptors (Lipinski definition) is 4. The van der Waals surface area contributed by atoms with Crippen molar-refractivity contribution >= 4 is 0 Å². The van der Waals surface area contributed by atoms with E-state index in [1.165, 1.54) is 0 Å². The van der Waals surface area contributed by atoms with E-state index < -0.39 is 0 Å². The fourth-order valence-corrected chi connectivity index (χ4v) is 2.72. The molecule has 0 aromatic rings. The van der Waals surface area contributed by atoms with E-state index in [-0.39, 0.29) is 18.2 Å². The molecule has 2 atom stereocenters. The smallest absolute Gasteiger partial charge is 0.0704 e. The van der Waals surface area contributed by atoms with Crippen LogP contribution in [0.15, 0.2) is 0 Å². The molecule has 2 N–H and O–H groups in total. The molecular weight excluding hydrogens is 242 g/mol. The first kappa shape index (κ1) is 16.9. The molecule has 1 aliphatic carbocycles. The Kier molecular flexibility index (Phi) is 8.62. The highest BCUT2D eigenvalue weighted by Crippen LogP contribution is 2.30. The standard InChI is InChI=1S/C15H31NO3/c1-3-8-16-15(13-17)7-5-6-14(12-15)19-11-10-18-9-4-2/h14,16-17H,3-13H2,1-2H3. The number of nitrogens with one attached hydrogen (secondary N) is 1. The van der Waals surface area contributed by atoms with Crippen LogP contribution in [0.2, 0.25) is 0 Å². The van der Waals surface area contributed by atoms with Gasteiger partial charge in [-0.15, -0.1) is 0 Å². The molecule has 1 saturated carbocycles. The van der Waals surface area contributed by atoms with Gasteiger partial charge in [-0.25, -0.2) is 0 Å². The summed E-state index contributed by atoms with van der Waals surface area (Å²) >= 11 is 0. The fourth-order valence-electron chi connectivity index (χ4n) is 2.72. The van der Waals surface area contributed by atoms with Crippen molar-refractivity contribution in [2.24, 2.45) is 0 Å². The van der Waals surface area contributed by atoms with Crippen molar-refractivity contribution in [2.45, 2.75) is 64.0 Å². The Labute approximate surface area is 117 Å². The van der Waals surface area contributed by atoms with Crippen LogP contribution in [0.25, 0.3) is 0 Å². The summed E-state index contributed by atoms with van der Waals surface area (Å²) in [4.78, 5) is 0. The van der Waals surface area contributed by atoms with Crippen LogP contribution in [0.3, 0.4) is 0 Å². The van der Waals surface area contributed by atoms with Gasteiger partial charge >= 0.3 is 0 Å². The van der Waals surface area contributed by atoms with Crippen molar-refractivity contribution in [1.29, 1.82) is 0 Å². The lowest BCUT2D eigenvalue weighted by Crippen LogP contribution is -2.53. The van der Waals surface area contributed by atoms with Gasteiger partial charge in [0.15, 0.2) is 0 Å². The van der Waals surface area contributed by atoms with Crippen LogP contribution in [-0.2, 0) is 9.47 Å². The normalized spacial score (nSPS) is 27.6. The molecule has 0 aliphatic heterocycles. The lowest BCUT2D eigenvalue weighted by Gasteiger charge is -2.40. The minimum Gasteiger partial charge on any atom is -0.394 e. The quantitative estimate of drug-likeness (QED) is 0.599. The molecular formula is C15H31NO3. The van der Waals surface area contributed by atoms with Gasteiger partial charge in [-0.2, -0.15) is 0 Å². The van der Waals surface area contributed by atoms with E-state index in [0.717, 1.165) is 51.7 Å². The minimum atomic E-state index is -0.122. The molecule has 4 heteroatoms. The van der Waals surface area contributed by atoms with Crippen molar-refractivity contribution in [1.82, 2.24) is 5.32 Å². The summed E-state index contributed by atoms with van der Waals surface area (Å²) in [6.07, 6.45) is 6.60. The van der Waals surface area contributed by atoms with E-state index in [0.29, 0.717) is 13.2 Å². The molecule has 0 saturated heterocycles. The van der Waals surface area contributed by atoms with Crippen molar-refractivity contribution in [3.63, 3.8) is 0 Å². The molecule has 0 bridgehead atoms. The van der Waals surface area contributed by atoms with Gasteiger partial charge in [0.05, 0.1) is 25.9 Å². The third kappa shape index (κ3) is 6.21. The van der Waals surface area contributed by atoms with Crippen molar-refractivity contribution < 1.29 is 14.6 Å². The maximum Gasteiger partial charge on any atom is 0.0704 e. The average molecular weight is 273 g/mol. The maximum atomic E-state index is 9.68. The molecule has 0 amide bonds. The average Bonchev–Trinajstić information content (AvgIpc) is 2.45. The van der Waals surface area contributed by atoms with E-state index in [9.17, 15) is 5.11 Å². The van der Waals surface area contributed by atoms with Crippen LogP contribution in [0.5, 0.6) is 0 Å². The monoisotopic (exact) mass is 273 g/mol. The van der Waals surface area contributed by atoms with Gasteiger partial charge < -0.3 is 19.9 Å². The van der Waals surface area contributed by atoms with Crippen molar-refractivity contribution in [2.75, 3.05) is 33.0 Å². The van der Waals surface area contributed by atoms with Gasteiger partial charge in [0.2, 0.25) is 0 Å². The van der Waals surface area contributed by atoms with Crippen LogP contribution in [0, 0.1) is 0 Å². The third-order valence-electron chi connectivity index (χ3n) is 3.78. The zero-order valence-electron chi connectivity index (χ0n) is 12.6. The first-order chi connectivity index (χ1) is 9.26. The van der Waals surface area contributed by atoms with Gasteiger partial charge in [0, 0.05) is 12.1 Å². The molecule has 0 aromatic heterocycles. The van der Waals surface area contributed by atoms with E-state index in [1.54, 1.807) is 0 Å². The van der Waals surface area contributed by atoms with Gasteiger partial charge in [-0.3, -0.25) is 0 Å². The van der Waals surface area contributed by atoms with Crippen LogP contribution < -0.4 is 5.32 Å². The Morgan fingerprint density at radius 2 is 2.05 bits per heavy atom. The van der Waals surface area contributed by atoms with Crippen molar-refractivity contribution in [3.05, 3.63) is 0 Å². The number of aliphatic hydroxyl groups is 1. The predicted molar refractivity (Wildman–Crippen MR) is 77.4 cm³/mol. The first-order valence-electron chi connectivity index (χ1n) is 7.81. The lowest BCUT2D eigenvalue weighted by atomic mass is 9.80. The fraction of sp³-hybridized carbons (Fsp3) is 1.00. The summed E-state index contributed by atoms with van der Waals surface area (Å²) in [6.45, 7) is 7.59. The first-order valence-corrected chi connectivity index (χ1v) is 7.81. The summed E-state index contributed by atoms with van der Waals surface area (Å²) in [5.41, 5.74) is -0.122. The Morgan fingerprint density at radius 3 is 2.74 bits per heavy atom. The second-order valence-corrected chi connectivity index (χ2v) is 5.57. The Hall–Kier alpha value is -0.160. The SMILES string of the molecule is CCCNC1(CO)CCCC(OCCOCCC)C1. The second kappa shape index (κ2) is 9.70. The summed E-state index contributed by atoms with van der Waals surface area (Å²) in [6, 6.07) is 0. The number of hydrogen-bond donors (Lipinski definition) is 2. The largest absolute Gasteiger partial charge is 0.394 e. The Balaban J connectivity index is 2.27. The summed E-state index contributed by atoms with van der Waals surface area (Å²) < 4.78 is 11.3. The zero-order chi connectivity index (χ0) is 14.0. The molecule has 4 nitrogen and oxygen atoms in total. The van der Waals surface area contributed by atoms with Crippen LogP contribution in [0.4, 0.5) is 0 Å². The topological polar surface area (TPSA) is 50.7 Å². The van der Waals surface area contributed by atoms with Crippen molar-refractivity contribution in [3.8, 4) is 0 Å². The molecule has 0 aromatic carbocycles. The highest BCUT2D eigenvalue weighted by molar-refractivity contribution is 4.93. The van der Waals surface area contributed by atoms with E-state index in [2.05, 4.69) is 19.2 Å². The van der Waals surface area contributed by atoms with E-state index >= 15 is 0 Å². The molecule has 0 radical (unpaired) electrons. The summed E-state index contributed by atoms with van der Waals surface area (Å²) in [7, 11) is 0. The van der Waals surface area contributed by atoms with Crippen LogP contribution >= 0.6 is 0 Å². The van der Waals surface area contributed by atoms with Gasteiger partial charge in [0.1, 0.15) is 0 Å². The van der Waals surface area contributed by atoms with E-state index in [4.69, 9.17) is 9.47 Å². The summed E-state index contributed by atoms with van der Waals surface area (Å²) in [5, 5.41) is 13.2. The molecule has 1 fully saturated rings. The van der Waals surface area contributed by atoms with Crippen LogP contribution in [-0.4, -0.2) is 49.7 Å². The lowest BCUT2D eigenvalue weighted by molar-refractivity contribution is -0.0376. The summed E-state index contributed by atoms with van der Waals surface area (Å²) in [5.74, 6) is 0. The molecule has 114 valence electrons. The number of ether oxygens (including phenoxy) is 2. The zero-order valence-corrected chi connectivity index (χ0v) is 12.6. The molecule has 1 aliphatic rings. The minimum absolute atomic E-state index is 0.122. The second-order valence-electron chi connectivity index (χ2n) is 5.57. The van der Waals surface area contributed by atoms with E-state index in [1.807, 2.05) is 0 Å². The molecule has 1 rings (SSSR count). The maximum absolute atomic E-state index is 9.68. The predicted octanol–water partition coefficient (Wildman–Crippen LogP) is 2.10. The number of aliphatic hydroxyl groups excluding tert-OH is 1. The third-order valence-corrected chi connectivity index (χ3v) is 3.78. The molecule has 0 spiro atoms. The molecule has 2 unspecified atom stereocenters. The molecule has 0 heterocycles.